The van der Waals surface area contributed by atoms with E-state index in [1.54, 1.807) is 23.2 Å². The highest BCUT2D eigenvalue weighted by molar-refractivity contribution is 5.82. The van der Waals surface area contributed by atoms with Gasteiger partial charge in [0.25, 0.3) is 5.56 Å². The van der Waals surface area contributed by atoms with Crippen LogP contribution in [0.15, 0.2) is 59.9 Å². The molecule has 5 aromatic rings. The number of pyridine rings is 1. The SMILES string of the molecule is Cc1cnc(-c2nccn2C)nc1-c1cc2cnc(Nc3ccc(OC4CCCNC4)cc3)nc2n(CCN2CCOCC2)c1=O. The van der Waals surface area contributed by atoms with E-state index < -0.39 is 0 Å². The van der Waals surface area contributed by atoms with Crippen molar-refractivity contribution in [1.82, 2.24) is 44.3 Å². The molecule has 0 saturated carbocycles. The van der Waals surface area contributed by atoms with Gasteiger partial charge in [0.1, 0.15) is 17.5 Å². The largest absolute Gasteiger partial charge is 0.489 e. The molecule has 2 N–H and O–H groups in total. The minimum atomic E-state index is -0.170. The van der Waals surface area contributed by atoms with E-state index in [2.05, 4.69) is 30.5 Å². The molecule has 0 aliphatic carbocycles. The second-order valence-electron chi connectivity index (χ2n) is 11.8. The van der Waals surface area contributed by atoms with Crippen molar-refractivity contribution in [3.05, 3.63) is 71.0 Å². The van der Waals surface area contributed by atoms with E-state index in [0.29, 0.717) is 60.8 Å². The molecule has 4 aromatic heterocycles. The molecule has 2 aliphatic heterocycles. The Balaban J connectivity index is 1.22. The van der Waals surface area contributed by atoms with E-state index >= 15 is 0 Å². The summed E-state index contributed by atoms with van der Waals surface area (Å²) in [6.07, 6.45) is 9.38. The van der Waals surface area contributed by atoms with Crippen LogP contribution in [0.25, 0.3) is 33.9 Å². The van der Waals surface area contributed by atoms with Crippen molar-refractivity contribution >= 4 is 22.7 Å². The fraction of sp³-hybridized carbons (Fsp3) is 0.394. The molecule has 0 spiro atoms. The van der Waals surface area contributed by atoms with Crippen molar-refractivity contribution < 1.29 is 9.47 Å². The van der Waals surface area contributed by atoms with Gasteiger partial charge in [0.05, 0.1) is 24.5 Å². The van der Waals surface area contributed by atoms with Crippen molar-refractivity contribution in [1.29, 1.82) is 0 Å². The summed E-state index contributed by atoms with van der Waals surface area (Å²) < 4.78 is 15.3. The molecule has 238 valence electrons. The molecule has 2 aliphatic rings. The van der Waals surface area contributed by atoms with Crippen LogP contribution in [-0.2, 0) is 18.3 Å². The molecule has 13 nitrogen and oxygen atoms in total. The lowest BCUT2D eigenvalue weighted by atomic mass is 10.1. The Hall–Kier alpha value is -4.72. The van der Waals surface area contributed by atoms with Gasteiger partial charge in [-0.25, -0.2) is 19.9 Å². The van der Waals surface area contributed by atoms with Crippen LogP contribution < -0.4 is 20.9 Å². The van der Waals surface area contributed by atoms with E-state index in [0.717, 1.165) is 61.4 Å². The van der Waals surface area contributed by atoms with Crippen molar-refractivity contribution in [3.63, 3.8) is 0 Å². The van der Waals surface area contributed by atoms with Gasteiger partial charge in [-0.15, -0.1) is 0 Å². The van der Waals surface area contributed by atoms with Crippen molar-refractivity contribution in [2.75, 3.05) is 51.3 Å². The van der Waals surface area contributed by atoms with Crippen molar-refractivity contribution in [2.45, 2.75) is 32.4 Å². The summed E-state index contributed by atoms with van der Waals surface area (Å²) in [6, 6.07) is 9.63. The summed E-state index contributed by atoms with van der Waals surface area (Å²) in [5, 5.41) is 7.42. The molecule has 0 radical (unpaired) electrons. The van der Waals surface area contributed by atoms with Gasteiger partial charge in [-0.2, -0.15) is 4.98 Å². The van der Waals surface area contributed by atoms with Crippen LogP contribution in [0.5, 0.6) is 5.75 Å². The predicted molar refractivity (Wildman–Crippen MR) is 175 cm³/mol. The molecule has 1 unspecified atom stereocenters. The minimum absolute atomic E-state index is 0.170. The van der Waals surface area contributed by atoms with Gasteiger partial charge >= 0.3 is 0 Å². The zero-order valence-corrected chi connectivity index (χ0v) is 26.1. The lowest BCUT2D eigenvalue weighted by molar-refractivity contribution is 0.0364. The summed E-state index contributed by atoms with van der Waals surface area (Å²) in [6.45, 7) is 7.97. The Morgan fingerprint density at radius 2 is 1.91 bits per heavy atom. The predicted octanol–water partition coefficient (Wildman–Crippen LogP) is 3.16. The number of aryl methyl sites for hydroxylation is 2. The molecule has 0 bridgehead atoms. The maximum absolute atomic E-state index is 14.3. The van der Waals surface area contributed by atoms with Crippen LogP contribution in [0.2, 0.25) is 0 Å². The maximum Gasteiger partial charge on any atom is 0.261 e. The number of benzene rings is 1. The number of aromatic nitrogens is 7. The zero-order valence-electron chi connectivity index (χ0n) is 26.1. The number of imidazole rings is 1. The van der Waals surface area contributed by atoms with E-state index in [1.807, 2.05) is 55.1 Å². The van der Waals surface area contributed by atoms with Crippen LogP contribution in [-0.4, -0.2) is 91.0 Å². The third-order valence-electron chi connectivity index (χ3n) is 8.48. The molecule has 2 saturated heterocycles. The molecule has 1 aromatic carbocycles. The van der Waals surface area contributed by atoms with Crippen LogP contribution >= 0.6 is 0 Å². The van der Waals surface area contributed by atoms with Crippen LogP contribution in [0.4, 0.5) is 11.6 Å². The molecule has 6 heterocycles. The lowest BCUT2D eigenvalue weighted by Crippen LogP contribution is -2.39. The van der Waals surface area contributed by atoms with Gasteiger partial charge in [-0.05, 0) is 62.2 Å². The smallest absolute Gasteiger partial charge is 0.261 e. The third-order valence-corrected chi connectivity index (χ3v) is 8.48. The Morgan fingerprint density at radius 1 is 1.07 bits per heavy atom. The van der Waals surface area contributed by atoms with Gasteiger partial charge in [0, 0.05) is 75.6 Å². The van der Waals surface area contributed by atoms with Gasteiger partial charge < -0.3 is 24.7 Å². The fourth-order valence-electron chi connectivity index (χ4n) is 5.92. The van der Waals surface area contributed by atoms with Crippen LogP contribution in [0.1, 0.15) is 18.4 Å². The number of piperidine rings is 1. The van der Waals surface area contributed by atoms with E-state index in [1.165, 1.54) is 0 Å². The lowest BCUT2D eigenvalue weighted by Gasteiger charge is -2.27. The molecule has 0 amide bonds. The maximum atomic E-state index is 14.3. The summed E-state index contributed by atoms with van der Waals surface area (Å²) in [5.41, 5.74) is 3.04. The normalized spacial score (nSPS) is 17.3. The first-order chi connectivity index (χ1) is 22.5. The Morgan fingerprint density at radius 3 is 2.67 bits per heavy atom. The van der Waals surface area contributed by atoms with Gasteiger partial charge in [-0.3, -0.25) is 14.3 Å². The molecular weight excluding hydrogens is 584 g/mol. The highest BCUT2D eigenvalue weighted by atomic mass is 16.5. The second-order valence-corrected chi connectivity index (χ2v) is 11.8. The monoisotopic (exact) mass is 622 g/mol. The first kappa shape index (κ1) is 30.0. The Bertz CT molecular complexity index is 1880. The summed E-state index contributed by atoms with van der Waals surface area (Å²) in [4.78, 5) is 39.8. The van der Waals surface area contributed by atoms with Crippen LogP contribution in [0.3, 0.4) is 0 Å². The average molecular weight is 623 g/mol. The third kappa shape index (κ3) is 6.48. The number of morpholine rings is 1. The topological polar surface area (TPSA) is 137 Å². The molecule has 13 heteroatoms. The molecule has 7 rings (SSSR count). The number of ether oxygens (including phenoxy) is 2. The van der Waals surface area contributed by atoms with Crippen molar-refractivity contribution in [3.8, 4) is 28.7 Å². The number of hydrogen-bond donors (Lipinski definition) is 2. The molecule has 2 fully saturated rings. The molecular formula is C33H38N10O3. The van der Waals surface area contributed by atoms with Crippen LogP contribution in [0, 0.1) is 6.92 Å². The number of hydrogen-bond acceptors (Lipinski definition) is 11. The van der Waals surface area contributed by atoms with Crippen molar-refractivity contribution in [2.24, 2.45) is 7.05 Å². The highest BCUT2D eigenvalue weighted by Crippen LogP contribution is 2.26. The standard InChI is InChI=1S/C33H38N10O3/c1-22-19-36-29(31-35-10-11-41(31)2)39-28(22)27-18-23-20-37-33(38-24-5-7-25(8-6-24)46-26-4-3-9-34-21-26)40-30(23)43(32(27)44)13-12-42-14-16-45-17-15-42/h5-8,10-11,18-20,26,34H,3-4,9,12-17,21H2,1-2H3,(H,37,38,40). The second kappa shape index (κ2) is 13.3. The molecule has 1 atom stereocenters. The summed E-state index contributed by atoms with van der Waals surface area (Å²) >= 11 is 0. The first-order valence-corrected chi connectivity index (χ1v) is 15.8. The first-order valence-electron chi connectivity index (χ1n) is 15.8. The van der Waals surface area contributed by atoms with E-state index in [-0.39, 0.29) is 11.7 Å². The number of anilines is 2. The van der Waals surface area contributed by atoms with E-state index in [9.17, 15) is 4.79 Å². The number of fused-ring (bicyclic) bond motifs is 1. The highest BCUT2D eigenvalue weighted by Gasteiger charge is 2.20. The van der Waals surface area contributed by atoms with Gasteiger partial charge in [0.2, 0.25) is 5.95 Å². The zero-order chi connectivity index (χ0) is 31.5. The number of nitrogens with one attached hydrogen (secondary N) is 2. The van der Waals surface area contributed by atoms with Gasteiger partial charge in [0.15, 0.2) is 11.6 Å². The molecule has 46 heavy (non-hydrogen) atoms. The minimum Gasteiger partial charge on any atom is -0.489 e. The summed E-state index contributed by atoms with van der Waals surface area (Å²) in [5.74, 6) is 2.31. The quantitative estimate of drug-likeness (QED) is 0.251. The average Bonchev–Trinajstić information content (AvgIpc) is 3.52. The van der Waals surface area contributed by atoms with E-state index in [4.69, 9.17) is 19.4 Å². The fourth-order valence-corrected chi connectivity index (χ4v) is 5.92. The van der Waals surface area contributed by atoms with Gasteiger partial charge in [-0.1, -0.05) is 0 Å². The number of rotatable bonds is 9. The number of nitrogens with zero attached hydrogens (tertiary/aromatic N) is 8. The summed E-state index contributed by atoms with van der Waals surface area (Å²) in [7, 11) is 1.89. The Kier molecular flexibility index (Phi) is 8.68. The Labute approximate surface area is 266 Å².